The lowest BCUT2D eigenvalue weighted by molar-refractivity contribution is 0.0691. The predicted molar refractivity (Wildman–Crippen MR) is 75.0 cm³/mol. The Labute approximate surface area is 119 Å². The van der Waals surface area contributed by atoms with Crippen molar-refractivity contribution in [2.45, 2.75) is 12.8 Å². The van der Waals surface area contributed by atoms with Gasteiger partial charge in [-0.1, -0.05) is 19.1 Å². The van der Waals surface area contributed by atoms with Crippen molar-refractivity contribution in [1.29, 1.82) is 0 Å². The highest BCUT2D eigenvalue weighted by Gasteiger charge is 2.29. The molecule has 0 spiro atoms. The van der Waals surface area contributed by atoms with Gasteiger partial charge in [0.05, 0.1) is 12.3 Å². The summed E-state index contributed by atoms with van der Waals surface area (Å²) >= 11 is 0. The third kappa shape index (κ3) is 1.96. The van der Waals surface area contributed by atoms with Crippen LogP contribution in [0, 0.1) is 0 Å². The number of rotatable bonds is 1. The average molecular weight is 287 g/mol. The number of carboxylic acids is 1. The Hall–Kier alpha value is -2.76. The van der Waals surface area contributed by atoms with Crippen molar-refractivity contribution in [2.75, 3.05) is 6.61 Å². The summed E-state index contributed by atoms with van der Waals surface area (Å²) in [5.41, 5.74) is -0.0520. The van der Waals surface area contributed by atoms with Crippen molar-refractivity contribution >= 4 is 5.97 Å². The molecular formula is C15H13NO5. The molecule has 1 aromatic carbocycles. The lowest BCUT2D eigenvalue weighted by atomic mass is 9.94. The summed E-state index contributed by atoms with van der Waals surface area (Å²) in [4.78, 5) is 25.7. The molecule has 0 aliphatic carbocycles. The molecular weight excluding hydrogens is 274 g/mol. The number of ether oxygens (including phenoxy) is 1. The monoisotopic (exact) mass is 287 g/mol. The molecule has 6 nitrogen and oxygen atoms in total. The molecule has 1 atom stereocenters. The molecule has 6 heteroatoms. The molecule has 3 N–H and O–H groups in total. The first kappa shape index (κ1) is 13.2. The van der Waals surface area contributed by atoms with Crippen molar-refractivity contribution in [3.8, 4) is 22.8 Å². The number of hydrogen-bond acceptors (Lipinski definition) is 4. The van der Waals surface area contributed by atoms with Gasteiger partial charge in [0.15, 0.2) is 5.56 Å². The summed E-state index contributed by atoms with van der Waals surface area (Å²) in [7, 11) is 0. The largest absolute Gasteiger partial charge is 0.506 e. The van der Waals surface area contributed by atoms with Crippen LogP contribution in [0.1, 0.15) is 28.8 Å². The number of carbonyl (C=O) groups is 1. The summed E-state index contributed by atoms with van der Waals surface area (Å²) in [5.74, 6) is -1.63. The fraction of sp³-hybridized carbons (Fsp3) is 0.200. The second-order valence-corrected chi connectivity index (χ2v) is 4.98. The molecule has 0 saturated heterocycles. The second kappa shape index (κ2) is 4.66. The Morgan fingerprint density at radius 3 is 2.81 bits per heavy atom. The predicted octanol–water partition coefficient (Wildman–Crippen LogP) is 1.94. The average Bonchev–Trinajstić information content (AvgIpc) is 2.57. The first-order valence-corrected chi connectivity index (χ1v) is 6.45. The van der Waals surface area contributed by atoms with Crippen molar-refractivity contribution < 1.29 is 19.7 Å². The van der Waals surface area contributed by atoms with Crippen LogP contribution in [-0.4, -0.2) is 27.8 Å². The van der Waals surface area contributed by atoms with E-state index < -0.39 is 22.8 Å². The van der Waals surface area contributed by atoms with E-state index in [0.717, 1.165) is 0 Å². The number of fused-ring (bicyclic) bond motifs is 3. The number of aromatic nitrogens is 1. The molecule has 1 aliphatic heterocycles. The first-order chi connectivity index (χ1) is 10.0. The molecule has 2 aromatic rings. The summed E-state index contributed by atoms with van der Waals surface area (Å²) < 4.78 is 5.66. The lowest BCUT2D eigenvalue weighted by Gasteiger charge is -2.14. The van der Waals surface area contributed by atoms with Crippen molar-refractivity contribution in [3.63, 3.8) is 0 Å². The standard InChI is InChI=1S/C15H13NO5/c1-7-6-21-9-5-3-2-4-8(9)12-10(7)13(17)11(15(19)20)14(18)16-12/h2-5,7H,6H2,1H3,(H,19,20)(H2,16,17,18). The molecule has 21 heavy (non-hydrogen) atoms. The van der Waals surface area contributed by atoms with Gasteiger partial charge in [0, 0.05) is 17.0 Å². The number of para-hydroxylation sites is 1. The zero-order valence-electron chi connectivity index (χ0n) is 11.2. The van der Waals surface area contributed by atoms with Gasteiger partial charge in [-0.05, 0) is 12.1 Å². The van der Waals surface area contributed by atoms with Gasteiger partial charge in [-0.3, -0.25) is 4.79 Å². The maximum Gasteiger partial charge on any atom is 0.345 e. The quantitative estimate of drug-likeness (QED) is 0.744. The highest BCUT2D eigenvalue weighted by Crippen LogP contribution is 2.41. The van der Waals surface area contributed by atoms with Crippen LogP contribution in [0.15, 0.2) is 29.1 Å². The highest BCUT2D eigenvalue weighted by molar-refractivity contribution is 5.92. The SMILES string of the molecule is CC1COc2ccccc2-c2[nH]c(=O)c(C(=O)O)c(O)c21. The fourth-order valence-corrected chi connectivity index (χ4v) is 2.59. The smallest absolute Gasteiger partial charge is 0.345 e. The normalized spacial score (nSPS) is 16.3. The Bertz CT molecular complexity index is 793. The van der Waals surface area contributed by atoms with E-state index in [-0.39, 0.29) is 12.5 Å². The molecule has 2 heterocycles. The van der Waals surface area contributed by atoms with E-state index in [0.29, 0.717) is 22.6 Å². The molecule has 0 fully saturated rings. The highest BCUT2D eigenvalue weighted by atomic mass is 16.5. The minimum Gasteiger partial charge on any atom is -0.506 e. The summed E-state index contributed by atoms with van der Waals surface area (Å²) in [5, 5.41) is 19.3. The molecule has 0 amide bonds. The molecule has 0 saturated carbocycles. The number of hydrogen-bond donors (Lipinski definition) is 3. The zero-order chi connectivity index (χ0) is 15.1. The van der Waals surface area contributed by atoms with E-state index >= 15 is 0 Å². The number of aromatic amines is 1. The van der Waals surface area contributed by atoms with Gasteiger partial charge in [-0.15, -0.1) is 0 Å². The molecule has 3 rings (SSSR count). The Morgan fingerprint density at radius 2 is 2.10 bits per heavy atom. The molecule has 1 aliphatic rings. The number of aromatic hydroxyl groups is 1. The van der Waals surface area contributed by atoms with E-state index in [1.807, 2.05) is 0 Å². The Morgan fingerprint density at radius 1 is 1.38 bits per heavy atom. The van der Waals surface area contributed by atoms with E-state index in [2.05, 4.69) is 4.98 Å². The number of nitrogens with one attached hydrogen (secondary N) is 1. The molecule has 0 bridgehead atoms. The van der Waals surface area contributed by atoms with Crippen LogP contribution in [0.4, 0.5) is 0 Å². The minimum atomic E-state index is -1.46. The van der Waals surface area contributed by atoms with Crippen LogP contribution in [0.5, 0.6) is 11.5 Å². The van der Waals surface area contributed by atoms with E-state index in [1.54, 1.807) is 31.2 Å². The second-order valence-electron chi connectivity index (χ2n) is 4.98. The van der Waals surface area contributed by atoms with Gasteiger partial charge in [0.2, 0.25) is 0 Å². The number of pyridine rings is 1. The number of benzene rings is 1. The Balaban J connectivity index is 2.40. The first-order valence-electron chi connectivity index (χ1n) is 6.45. The fourth-order valence-electron chi connectivity index (χ4n) is 2.59. The Kier molecular flexibility index (Phi) is 2.94. The third-order valence-electron chi connectivity index (χ3n) is 3.58. The number of aromatic carboxylic acids is 1. The van der Waals surface area contributed by atoms with Crippen LogP contribution in [-0.2, 0) is 0 Å². The van der Waals surface area contributed by atoms with Crippen LogP contribution < -0.4 is 10.3 Å². The van der Waals surface area contributed by atoms with Crippen molar-refractivity contribution in [2.24, 2.45) is 0 Å². The van der Waals surface area contributed by atoms with Crippen LogP contribution in [0.25, 0.3) is 11.3 Å². The van der Waals surface area contributed by atoms with Gasteiger partial charge in [-0.2, -0.15) is 0 Å². The summed E-state index contributed by atoms with van der Waals surface area (Å²) in [6, 6.07) is 7.10. The number of carboxylic acid groups (broad SMARTS) is 1. The van der Waals surface area contributed by atoms with E-state index in [4.69, 9.17) is 9.84 Å². The van der Waals surface area contributed by atoms with Gasteiger partial charge in [-0.25, -0.2) is 4.79 Å². The topological polar surface area (TPSA) is 99.6 Å². The van der Waals surface area contributed by atoms with Gasteiger partial charge >= 0.3 is 5.97 Å². The maximum absolute atomic E-state index is 11.9. The molecule has 1 aromatic heterocycles. The molecule has 1 unspecified atom stereocenters. The maximum atomic E-state index is 11.9. The third-order valence-corrected chi connectivity index (χ3v) is 3.58. The van der Waals surface area contributed by atoms with Crippen LogP contribution >= 0.6 is 0 Å². The summed E-state index contributed by atoms with van der Waals surface area (Å²) in [6.07, 6.45) is 0. The van der Waals surface area contributed by atoms with Gasteiger partial charge < -0.3 is 19.9 Å². The van der Waals surface area contributed by atoms with E-state index in [1.165, 1.54) is 0 Å². The lowest BCUT2D eigenvalue weighted by Crippen LogP contribution is -2.20. The van der Waals surface area contributed by atoms with Crippen LogP contribution in [0.3, 0.4) is 0 Å². The summed E-state index contributed by atoms with van der Waals surface area (Å²) in [6.45, 7) is 2.08. The van der Waals surface area contributed by atoms with Crippen LogP contribution in [0.2, 0.25) is 0 Å². The molecule has 108 valence electrons. The zero-order valence-corrected chi connectivity index (χ0v) is 11.2. The minimum absolute atomic E-state index is 0.262. The van der Waals surface area contributed by atoms with Gasteiger partial charge in [0.25, 0.3) is 5.56 Å². The van der Waals surface area contributed by atoms with Gasteiger partial charge in [0.1, 0.15) is 11.5 Å². The van der Waals surface area contributed by atoms with Crippen molar-refractivity contribution in [3.05, 3.63) is 45.7 Å². The molecule has 0 radical (unpaired) electrons. The van der Waals surface area contributed by atoms with E-state index in [9.17, 15) is 14.7 Å². The van der Waals surface area contributed by atoms with Crippen molar-refractivity contribution in [1.82, 2.24) is 4.98 Å². The number of H-pyrrole nitrogens is 1.